The molecule has 17 heavy (non-hydrogen) atoms. The van der Waals surface area contributed by atoms with E-state index < -0.39 is 0 Å². The number of rotatable bonds is 4. The molecule has 1 saturated heterocycles. The molecule has 1 nitrogen and oxygen atoms in total. The van der Waals surface area contributed by atoms with E-state index in [1.807, 2.05) is 0 Å². The summed E-state index contributed by atoms with van der Waals surface area (Å²) < 4.78 is 5.73. The largest absolute Gasteiger partial charge is 0.376 e. The molecule has 1 heterocycles. The molecule has 0 N–H and O–H groups in total. The van der Waals surface area contributed by atoms with Gasteiger partial charge in [0.05, 0.1) is 11.5 Å². The van der Waals surface area contributed by atoms with Gasteiger partial charge in [-0.2, -0.15) is 0 Å². The standard InChI is InChI=1S/C15H21ClO/c1-3-4-12-5-7-13(8-6-12)14(16)15-11(2)9-10-17-15/h5-8,11,14-15H,3-4,9-10H2,1-2H3. The summed E-state index contributed by atoms with van der Waals surface area (Å²) in [5, 5.41) is -0.0109. The predicted octanol–water partition coefficient (Wildman–Crippen LogP) is 4.34. The van der Waals surface area contributed by atoms with E-state index in [0.717, 1.165) is 19.4 Å². The van der Waals surface area contributed by atoms with Crippen molar-refractivity contribution in [3.8, 4) is 0 Å². The van der Waals surface area contributed by atoms with Gasteiger partial charge in [0, 0.05) is 6.61 Å². The summed E-state index contributed by atoms with van der Waals surface area (Å²) in [4.78, 5) is 0. The maximum absolute atomic E-state index is 6.51. The van der Waals surface area contributed by atoms with Crippen molar-refractivity contribution < 1.29 is 4.74 Å². The highest BCUT2D eigenvalue weighted by molar-refractivity contribution is 6.21. The van der Waals surface area contributed by atoms with Crippen LogP contribution >= 0.6 is 11.6 Å². The number of aryl methyl sites for hydroxylation is 1. The van der Waals surface area contributed by atoms with Gasteiger partial charge in [-0.05, 0) is 29.9 Å². The monoisotopic (exact) mass is 252 g/mol. The van der Waals surface area contributed by atoms with Crippen LogP contribution in [-0.2, 0) is 11.2 Å². The first-order valence-electron chi connectivity index (χ1n) is 6.57. The van der Waals surface area contributed by atoms with Crippen LogP contribution in [0.2, 0.25) is 0 Å². The summed E-state index contributed by atoms with van der Waals surface area (Å²) in [7, 11) is 0. The molecule has 0 radical (unpaired) electrons. The van der Waals surface area contributed by atoms with Gasteiger partial charge in [0.2, 0.25) is 0 Å². The fraction of sp³-hybridized carbons (Fsp3) is 0.600. The van der Waals surface area contributed by atoms with Crippen molar-refractivity contribution in [3.63, 3.8) is 0 Å². The molecule has 1 aliphatic heterocycles. The van der Waals surface area contributed by atoms with Crippen LogP contribution in [0.3, 0.4) is 0 Å². The zero-order valence-electron chi connectivity index (χ0n) is 10.7. The maximum atomic E-state index is 6.51. The summed E-state index contributed by atoms with van der Waals surface area (Å²) in [5.74, 6) is 0.563. The van der Waals surface area contributed by atoms with Crippen LogP contribution in [0.4, 0.5) is 0 Å². The van der Waals surface area contributed by atoms with Gasteiger partial charge in [-0.25, -0.2) is 0 Å². The van der Waals surface area contributed by atoms with Crippen molar-refractivity contribution in [1.29, 1.82) is 0 Å². The van der Waals surface area contributed by atoms with Crippen LogP contribution in [0.5, 0.6) is 0 Å². The third kappa shape index (κ3) is 3.02. The van der Waals surface area contributed by atoms with E-state index in [1.54, 1.807) is 0 Å². The Kier molecular flexibility index (Phi) is 4.47. The molecule has 0 amide bonds. The highest BCUT2D eigenvalue weighted by Crippen LogP contribution is 2.35. The molecule has 94 valence electrons. The summed E-state index contributed by atoms with van der Waals surface area (Å²) in [6.45, 7) is 5.27. The fourth-order valence-electron chi connectivity index (χ4n) is 2.44. The van der Waals surface area contributed by atoms with Crippen LogP contribution in [0.25, 0.3) is 0 Å². The van der Waals surface area contributed by atoms with Crippen LogP contribution < -0.4 is 0 Å². The SMILES string of the molecule is CCCc1ccc(C(Cl)C2OCCC2C)cc1. The van der Waals surface area contributed by atoms with Crippen LogP contribution in [0.15, 0.2) is 24.3 Å². The third-order valence-corrected chi connectivity index (χ3v) is 4.07. The number of halogens is 1. The smallest absolute Gasteiger partial charge is 0.0849 e. The Morgan fingerprint density at radius 1 is 1.35 bits per heavy atom. The first kappa shape index (κ1) is 12.9. The quantitative estimate of drug-likeness (QED) is 0.725. The van der Waals surface area contributed by atoms with Crippen LogP contribution in [0, 0.1) is 5.92 Å². The minimum atomic E-state index is -0.0109. The third-order valence-electron chi connectivity index (χ3n) is 3.57. The molecule has 2 heteroatoms. The zero-order valence-corrected chi connectivity index (χ0v) is 11.4. The molecule has 2 rings (SSSR count). The van der Waals surface area contributed by atoms with Gasteiger partial charge in [-0.1, -0.05) is 44.5 Å². The minimum absolute atomic E-state index is 0.0109. The van der Waals surface area contributed by atoms with Crippen LogP contribution in [-0.4, -0.2) is 12.7 Å². The highest BCUT2D eigenvalue weighted by atomic mass is 35.5. The van der Waals surface area contributed by atoms with Gasteiger partial charge in [0.15, 0.2) is 0 Å². The highest BCUT2D eigenvalue weighted by Gasteiger charge is 2.31. The molecule has 1 aliphatic rings. The summed E-state index contributed by atoms with van der Waals surface area (Å²) in [6.07, 6.45) is 3.63. The van der Waals surface area contributed by atoms with Gasteiger partial charge < -0.3 is 4.74 Å². The van der Waals surface area contributed by atoms with E-state index in [-0.39, 0.29) is 11.5 Å². The number of benzene rings is 1. The molecule has 3 atom stereocenters. The van der Waals surface area contributed by atoms with Gasteiger partial charge in [0.25, 0.3) is 0 Å². The number of hydrogen-bond donors (Lipinski definition) is 0. The van der Waals surface area contributed by atoms with E-state index in [2.05, 4.69) is 38.1 Å². The van der Waals surface area contributed by atoms with Gasteiger partial charge >= 0.3 is 0 Å². The summed E-state index contributed by atoms with van der Waals surface area (Å²) in [5.41, 5.74) is 2.57. The van der Waals surface area contributed by atoms with E-state index in [0.29, 0.717) is 5.92 Å². The minimum Gasteiger partial charge on any atom is -0.376 e. The maximum Gasteiger partial charge on any atom is 0.0849 e. The van der Waals surface area contributed by atoms with Crippen molar-refractivity contribution in [2.75, 3.05) is 6.61 Å². The number of ether oxygens (including phenoxy) is 1. The molecule has 0 bridgehead atoms. The Balaban J connectivity index is 2.05. The lowest BCUT2D eigenvalue weighted by molar-refractivity contribution is 0.0903. The average molecular weight is 253 g/mol. The topological polar surface area (TPSA) is 9.23 Å². The van der Waals surface area contributed by atoms with Crippen LogP contribution in [0.1, 0.15) is 43.2 Å². The lowest BCUT2D eigenvalue weighted by Crippen LogP contribution is -2.19. The molecule has 1 aromatic carbocycles. The summed E-state index contributed by atoms with van der Waals surface area (Å²) in [6, 6.07) is 8.68. The molecule has 0 aliphatic carbocycles. The lowest BCUT2D eigenvalue weighted by atomic mass is 9.96. The van der Waals surface area contributed by atoms with Crippen molar-refractivity contribution >= 4 is 11.6 Å². The second kappa shape index (κ2) is 5.88. The lowest BCUT2D eigenvalue weighted by Gasteiger charge is -2.21. The molecular formula is C15H21ClO. The van der Waals surface area contributed by atoms with E-state index in [4.69, 9.17) is 16.3 Å². The Morgan fingerprint density at radius 3 is 2.59 bits per heavy atom. The van der Waals surface area contributed by atoms with E-state index in [1.165, 1.54) is 17.5 Å². The first-order chi connectivity index (χ1) is 8.22. The molecule has 0 spiro atoms. The molecular weight excluding hydrogens is 232 g/mol. The van der Waals surface area contributed by atoms with E-state index in [9.17, 15) is 0 Å². The normalized spacial score (nSPS) is 26.1. The Labute approximate surface area is 109 Å². The second-order valence-corrected chi connectivity index (χ2v) is 5.46. The Bertz CT molecular complexity index is 346. The van der Waals surface area contributed by atoms with Crippen molar-refractivity contribution in [2.24, 2.45) is 5.92 Å². The Hall–Kier alpha value is -0.530. The molecule has 0 aromatic heterocycles. The molecule has 0 saturated carbocycles. The van der Waals surface area contributed by atoms with Crippen molar-refractivity contribution in [2.45, 2.75) is 44.6 Å². The Morgan fingerprint density at radius 2 is 2.06 bits per heavy atom. The average Bonchev–Trinajstić information content (AvgIpc) is 2.76. The molecule has 1 fully saturated rings. The van der Waals surface area contributed by atoms with E-state index >= 15 is 0 Å². The van der Waals surface area contributed by atoms with Crippen molar-refractivity contribution in [3.05, 3.63) is 35.4 Å². The predicted molar refractivity (Wildman–Crippen MR) is 72.6 cm³/mol. The zero-order chi connectivity index (χ0) is 12.3. The molecule has 3 unspecified atom stereocenters. The number of hydrogen-bond acceptors (Lipinski definition) is 1. The summed E-state index contributed by atoms with van der Waals surface area (Å²) >= 11 is 6.51. The van der Waals surface area contributed by atoms with Gasteiger partial charge in [-0.15, -0.1) is 11.6 Å². The second-order valence-electron chi connectivity index (χ2n) is 4.99. The number of alkyl halides is 1. The molecule has 1 aromatic rings. The first-order valence-corrected chi connectivity index (χ1v) is 7.00. The fourth-order valence-corrected chi connectivity index (χ4v) is 2.90. The van der Waals surface area contributed by atoms with Gasteiger partial charge in [-0.3, -0.25) is 0 Å². The van der Waals surface area contributed by atoms with Crippen molar-refractivity contribution in [1.82, 2.24) is 0 Å². The van der Waals surface area contributed by atoms with Gasteiger partial charge in [0.1, 0.15) is 0 Å².